The van der Waals surface area contributed by atoms with Crippen LogP contribution in [0.4, 0.5) is 5.00 Å². The number of aliphatic hydroxyl groups is 1. The Labute approximate surface area is 150 Å². The first kappa shape index (κ1) is 18.6. The second-order valence-electron chi connectivity index (χ2n) is 4.95. The molecule has 0 atom stereocenters. The molecule has 0 unspecified atom stereocenters. The summed E-state index contributed by atoms with van der Waals surface area (Å²) >= 11 is 1.63. The molecule has 0 saturated carbocycles. The number of fused-ring (bicyclic) bond motifs is 1. The van der Waals surface area contributed by atoms with Crippen LogP contribution in [0.5, 0.6) is 0 Å². The predicted octanol–water partition coefficient (Wildman–Crippen LogP) is 3.63. The molecule has 2 N–H and O–H groups in total. The second-order valence-corrected chi connectivity index (χ2v) is 5.86. The van der Waals surface area contributed by atoms with Crippen molar-refractivity contribution in [3.05, 3.63) is 53.4 Å². The third-order valence-corrected chi connectivity index (χ3v) is 4.19. The number of hydrogen-bond donors (Lipinski definition) is 2. The predicted molar refractivity (Wildman–Crippen MR) is 107 cm³/mol. The molecule has 3 heterocycles. The zero-order valence-electron chi connectivity index (χ0n) is 14.5. The Morgan fingerprint density at radius 2 is 2.20 bits per heavy atom. The Bertz CT molecular complexity index is 907. The van der Waals surface area contributed by atoms with E-state index >= 15 is 0 Å². The standard InChI is InChI=1S/C17H17N5S.CH4O/c1-12-17(22-7-5-4-6-15(22)20-12)13-8-16(23-11-13)21-14(9-18-2)10-19-3;1-2/h4-11,21H,2H2,1,3H3;2H,1H3/b14-9+,19-10?;. The summed E-state index contributed by atoms with van der Waals surface area (Å²) in [5.74, 6) is 0. The van der Waals surface area contributed by atoms with E-state index in [-0.39, 0.29) is 0 Å². The van der Waals surface area contributed by atoms with Gasteiger partial charge >= 0.3 is 0 Å². The van der Waals surface area contributed by atoms with Gasteiger partial charge in [-0.15, -0.1) is 11.3 Å². The molecule has 0 amide bonds. The van der Waals surface area contributed by atoms with Gasteiger partial charge in [0.1, 0.15) is 5.65 Å². The first-order chi connectivity index (χ1) is 12.2. The van der Waals surface area contributed by atoms with Crippen molar-refractivity contribution in [2.75, 3.05) is 19.5 Å². The number of aliphatic hydroxyl groups excluding tert-OH is 1. The number of hydrogen-bond acceptors (Lipinski definition) is 6. The van der Waals surface area contributed by atoms with E-state index in [1.165, 1.54) is 0 Å². The lowest BCUT2D eigenvalue weighted by atomic mass is 10.2. The van der Waals surface area contributed by atoms with Crippen molar-refractivity contribution < 1.29 is 5.11 Å². The molecule has 3 aromatic rings. The Morgan fingerprint density at radius 3 is 2.92 bits per heavy atom. The Morgan fingerprint density at radius 1 is 1.40 bits per heavy atom. The third-order valence-electron chi connectivity index (χ3n) is 3.34. The number of pyridine rings is 1. The monoisotopic (exact) mass is 355 g/mol. The van der Waals surface area contributed by atoms with E-state index in [1.54, 1.807) is 30.8 Å². The Kier molecular flexibility index (Phi) is 6.62. The van der Waals surface area contributed by atoms with Crippen molar-refractivity contribution >= 4 is 34.9 Å². The normalized spacial score (nSPS) is 11.4. The van der Waals surface area contributed by atoms with Crippen LogP contribution in [0.15, 0.2) is 57.7 Å². The van der Waals surface area contributed by atoms with Gasteiger partial charge in [0.2, 0.25) is 0 Å². The van der Waals surface area contributed by atoms with Crippen LogP contribution >= 0.6 is 11.3 Å². The third kappa shape index (κ3) is 4.20. The van der Waals surface area contributed by atoms with Gasteiger partial charge in [-0.05, 0) is 31.8 Å². The topological polar surface area (TPSA) is 74.3 Å². The molecule has 0 saturated heterocycles. The van der Waals surface area contributed by atoms with E-state index < -0.39 is 0 Å². The van der Waals surface area contributed by atoms with Gasteiger partial charge in [-0.25, -0.2) is 4.98 Å². The zero-order chi connectivity index (χ0) is 18.2. The molecule has 3 aromatic heterocycles. The number of aryl methyl sites for hydroxylation is 1. The number of allylic oxidation sites excluding steroid dienone is 1. The molecule has 0 aliphatic rings. The minimum atomic E-state index is 0.797. The molecule has 0 aromatic carbocycles. The second kappa shape index (κ2) is 8.91. The first-order valence-corrected chi connectivity index (χ1v) is 8.43. The fraction of sp³-hybridized carbons (Fsp3) is 0.167. The molecule has 130 valence electrons. The molecular weight excluding hydrogens is 334 g/mol. The fourth-order valence-corrected chi connectivity index (χ4v) is 3.27. The molecule has 0 aliphatic carbocycles. The van der Waals surface area contributed by atoms with Crippen molar-refractivity contribution in [2.45, 2.75) is 6.92 Å². The number of thiophene rings is 1. The van der Waals surface area contributed by atoms with E-state index in [0.717, 1.165) is 40.4 Å². The van der Waals surface area contributed by atoms with E-state index in [2.05, 4.69) is 42.9 Å². The van der Waals surface area contributed by atoms with Crippen LogP contribution in [0.25, 0.3) is 16.9 Å². The number of aromatic nitrogens is 2. The lowest BCUT2D eigenvalue weighted by Gasteiger charge is -2.02. The molecule has 0 spiro atoms. The Balaban J connectivity index is 0.00000109. The van der Waals surface area contributed by atoms with Crippen molar-refractivity contribution in [1.82, 2.24) is 9.38 Å². The van der Waals surface area contributed by atoms with E-state index in [9.17, 15) is 0 Å². The summed E-state index contributed by atoms with van der Waals surface area (Å²) in [4.78, 5) is 12.4. The summed E-state index contributed by atoms with van der Waals surface area (Å²) < 4.78 is 2.11. The number of aliphatic imine (C=N–C) groups is 2. The van der Waals surface area contributed by atoms with Crippen LogP contribution in [0.3, 0.4) is 0 Å². The van der Waals surface area contributed by atoms with Crippen LogP contribution in [0.1, 0.15) is 5.69 Å². The SMILES string of the molecule is C=N/C=C(\C=NC)Nc1cc(-c2c(C)nc3ccccn23)cs1.CO. The number of anilines is 1. The molecule has 0 bridgehead atoms. The van der Waals surface area contributed by atoms with Crippen LogP contribution in [0, 0.1) is 6.92 Å². The van der Waals surface area contributed by atoms with Gasteiger partial charge in [0, 0.05) is 37.5 Å². The minimum absolute atomic E-state index is 0.797. The van der Waals surface area contributed by atoms with Gasteiger partial charge in [0.25, 0.3) is 0 Å². The van der Waals surface area contributed by atoms with Crippen molar-refractivity contribution in [3.8, 4) is 11.3 Å². The Hall–Kier alpha value is -2.77. The summed E-state index contributed by atoms with van der Waals surface area (Å²) in [5.41, 5.74) is 5.01. The molecular formula is C18H21N5OS. The summed E-state index contributed by atoms with van der Waals surface area (Å²) in [6.45, 7) is 5.51. The summed E-state index contributed by atoms with van der Waals surface area (Å²) in [6.07, 6.45) is 5.39. The number of imidazole rings is 1. The first-order valence-electron chi connectivity index (χ1n) is 7.55. The molecule has 0 aliphatic heterocycles. The van der Waals surface area contributed by atoms with Gasteiger partial charge in [0.05, 0.1) is 28.3 Å². The van der Waals surface area contributed by atoms with E-state index in [0.29, 0.717) is 0 Å². The number of rotatable bonds is 5. The average Bonchev–Trinajstić information content (AvgIpc) is 3.20. The van der Waals surface area contributed by atoms with E-state index in [4.69, 9.17) is 5.11 Å². The highest BCUT2D eigenvalue weighted by Crippen LogP contribution is 2.32. The highest BCUT2D eigenvalue weighted by atomic mass is 32.1. The van der Waals surface area contributed by atoms with Gasteiger partial charge in [0.15, 0.2) is 0 Å². The maximum absolute atomic E-state index is 7.00. The van der Waals surface area contributed by atoms with Crippen molar-refractivity contribution in [2.24, 2.45) is 9.98 Å². The number of nitrogens with one attached hydrogen (secondary N) is 1. The molecule has 6 nitrogen and oxygen atoms in total. The molecule has 3 rings (SSSR count). The maximum atomic E-state index is 7.00. The quantitative estimate of drug-likeness (QED) is 0.686. The number of nitrogens with zero attached hydrogens (tertiary/aromatic N) is 4. The van der Waals surface area contributed by atoms with Crippen LogP contribution < -0.4 is 5.32 Å². The summed E-state index contributed by atoms with van der Waals surface area (Å²) in [7, 11) is 2.72. The van der Waals surface area contributed by atoms with Crippen LogP contribution in [-0.2, 0) is 0 Å². The van der Waals surface area contributed by atoms with Crippen LogP contribution in [0.2, 0.25) is 0 Å². The maximum Gasteiger partial charge on any atom is 0.137 e. The lowest BCUT2D eigenvalue weighted by Crippen LogP contribution is -1.98. The van der Waals surface area contributed by atoms with Gasteiger partial charge in [-0.2, -0.15) is 0 Å². The molecule has 0 fully saturated rings. The smallest absolute Gasteiger partial charge is 0.137 e. The molecule has 0 radical (unpaired) electrons. The summed E-state index contributed by atoms with van der Waals surface area (Å²) in [6, 6.07) is 8.12. The van der Waals surface area contributed by atoms with Crippen molar-refractivity contribution in [3.63, 3.8) is 0 Å². The highest BCUT2D eigenvalue weighted by molar-refractivity contribution is 7.14. The zero-order valence-corrected chi connectivity index (χ0v) is 15.3. The van der Waals surface area contributed by atoms with E-state index in [1.807, 2.05) is 31.3 Å². The van der Waals surface area contributed by atoms with Gasteiger partial charge < -0.3 is 10.4 Å². The lowest BCUT2D eigenvalue weighted by molar-refractivity contribution is 0.399. The van der Waals surface area contributed by atoms with Gasteiger partial charge in [-0.3, -0.25) is 14.4 Å². The van der Waals surface area contributed by atoms with Crippen LogP contribution in [-0.4, -0.2) is 41.6 Å². The largest absolute Gasteiger partial charge is 0.400 e. The average molecular weight is 355 g/mol. The highest BCUT2D eigenvalue weighted by Gasteiger charge is 2.12. The van der Waals surface area contributed by atoms with Crippen molar-refractivity contribution in [1.29, 1.82) is 0 Å². The molecule has 7 heteroatoms. The molecule has 25 heavy (non-hydrogen) atoms. The fourth-order valence-electron chi connectivity index (χ4n) is 2.46. The summed E-state index contributed by atoms with van der Waals surface area (Å²) in [5, 5.41) is 13.4. The van der Waals surface area contributed by atoms with Gasteiger partial charge in [-0.1, -0.05) is 6.07 Å². The minimum Gasteiger partial charge on any atom is -0.400 e.